The average Bonchev–Trinajstić information content (AvgIpc) is 2.55. The van der Waals surface area contributed by atoms with E-state index in [0.29, 0.717) is 15.7 Å². The Morgan fingerprint density at radius 1 is 0.963 bits per heavy atom. The molecule has 2 aromatic carbocycles. The zero-order valence-electron chi connectivity index (χ0n) is 13.2. The molecule has 0 fully saturated rings. The van der Waals surface area contributed by atoms with E-state index in [1.165, 1.54) is 18.2 Å². The van der Waals surface area contributed by atoms with Crippen molar-refractivity contribution in [3.05, 3.63) is 63.1 Å². The quantitative estimate of drug-likeness (QED) is 0.268. The van der Waals surface area contributed by atoms with Crippen molar-refractivity contribution in [2.45, 2.75) is 9.96 Å². The molecule has 1 unspecified atom stereocenters. The van der Waals surface area contributed by atoms with Crippen LogP contribution >= 0.6 is 81.8 Å². The summed E-state index contributed by atoms with van der Waals surface area (Å²) in [5, 5.41) is 9.19. The Morgan fingerprint density at radius 2 is 1.63 bits per heavy atom. The number of benzene rings is 2. The SMILES string of the molecule is O=C(NC(NC(=S)Nc1ccccc1Cl)C(Cl)(Cl)Cl)c1ccc(Cl)cc1Cl. The van der Waals surface area contributed by atoms with Crippen LogP contribution in [-0.4, -0.2) is 21.0 Å². The van der Waals surface area contributed by atoms with Gasteiger partial charge in [-0.25, -0.2) is 0 Å². The third kappa shape index (κ3) is 6.71. The Bertz CT molecular complexity index is 858. The number of amides is 1. The number of anilines is 1. The lowest BCUT2D eigenvalue weighted by Crippen LogP contribution is -2.56. The Balaban J connectivity index is 2.12. The lowest BCUT2D eigenvalue weighted by atomic mass is 10.2. The predicted molar refractivity (Wildman–Crippen MR) is 119 cm³/mol. The van der Waals surface area contributed by atoms with Crippen LogP contribution in [-0.2, 0) is 0 Å². The molecule has 2 rings (SSSR count). The van der Waals surface area contributed by atoms with E-state index in [0.717, 1.165) is 0 Å². The number of hydrogen-bond acceptors (Lipinski definition) is 2. The summed E-state index contributed by atoms with van der Waals surface area (Å²) in [5.41, 5.74) is 0.707. The molecule has 0 saturated heterocycles. The molecule has 0 aliphatic rings. The van der Waals surface area contributed by atoms with E-state index in [2.05, 4.69) is 16.0 Å². The first-order valence-corrected chi connectivity index (χ1v) is 9.90. The van der Waals surface area contributed by atoms with Crippen LogP contribution in [0, 0.1) is 0 Å². The fraction of sp³-hybridized carbons (Fsp3) is 0.125. The van der Waals surface area contributed by atoms with Crippen molar-refractivity contribution in [1.29, 1.82) is 0 Å². The molecule has 1 amide bonds. The molecule has 0 radical (unpaired) electrons. The highest BCUT2D eigenvalue weighted by Crippen LogP contribution is 2.30. The summed E-state index contributed by atoms with van der Waals surface area (Å²) in [5.74, 6) is -0.582. The zero-order chi connectivity index (χ0) is 20.2. The molecule has 0 aromatic heterocycles. The molecule has 2 aromatic rings. The maximum absolute atomic E-state index is 12.5. The molecule has 4 nitrogen and oxygen atoms in total. The minimum atomic E-state index is -1.92. The molecule has 11 heteroatoms. The Morgan fingerprint density at radius 3 is 2.22 bits per heavy atom. The lowest BCUT2D eigenvalue weighted by Gasteiger charge is -2.28. The molecule has 27 heavy (non-hydrogen) atoms. The lowest BCUT2D eigenvalue weighted by molar-refractivity contribution is 0.0934. The fourth-order valence-electron chi connectivity index (χ4n) is 1.93. The van der Waals surface area contributed by atoms with Gasteiger partial charge in [-0.2, -0.15) is 0 Å². The van der Waals surface area contributed by atoms with Gasteiger partial charge in [0.15, 0.2) is 5.11 Å². The second-order valence-electron chi connectivity index (χ2n) is 5.15. The van der Waals surface area contributed by atoms with E-state index >= 15 is 0 Å². The number of nitrogens with one attached hydrogen (secondary N) is 3. The van der Waals surface area contributed by atoms with Crippen LogP contribution in [0.5, 0.6) is 0 Å². The molecular formula is C16H11Cl6N3OS. The summed E-state index contributed by atoms with van der Waals surface area (Å²) in [6.07, 6.45) is -1.16. The summed E-state index contributed by atoms with van der Waals surface area (Å²) in [6.45, 7) is 0. The highest BCUT2D eigenvalue weighted by Gasteiger charge is 2.35. The second kappa shape index (κ2) is 9.70. The van der Waals surface area contributed by atoms with Crippen LogP contribution in [0.1, 0.15) is 10.4 Å². The summed E-state index contributed by atoms with van der Waals surface area (Å²) in [4.78, 5) is 12.5. The van der Waals surface area contributed by atoms with Crippen molar-refractivity contribution < 1.29 is 4.79 Å². The van der Waals surface area contributed by atoms with E-state index < -0.39 is 15.9 Å². The van der Waals surface area contributed by atoms with E-state index in [4.69, 9.17) is 81.8 Å². The van der Waals surface area contributed by atoms with Gasteiger partial charge in [-0.3, -0.25) is 4.79 Å². The van der Waals surface area contributed by atoms with Gasteiger partial charge in [-0.1, -0.05) is 81.7 Å². The molecule has 0 bridgehead atoms. The van der Waals surface area contributed by atoms with Gasteiger partial charge in [0.05, 0.1) is 21.3 Å². The summed E-state index contributed by atoms with van der Waals surface area (Å²) in [6, 6.07) is 11.3. The van der Waals surface area contributed by atoms with Crippen molar-refractivity contribution >= 4 is 98.5 Å². The van der Waals surface area contributed by atoms with Crippen molar-refractivity contribution in [2.75, 3.05) is 5.32 Å². The summed E-state index contributed by atoms with van der Waals surface area (Å²) in [7, 11) is 0. The predicted octanol–water partition coefficient (Wildman–Crippen LogP) is 6.06. The smallest absolute Gasteiger partial charge is 0.254 e. The number of halogens is 6. The first kappa shape index (κ1) is 22.6. The van der Waals surface area contributed by atoms with Gasteiger partial charge in [-0.05, 0) is 42.5 Å². The van der Waals surface area contributed by atoms with E-state index in [1.54, 1.807) is 24.3 Å². The van der Waals surface area contributed by atoms with Crippen LogP contribution in [0.15, 0.2) is 42.5 Å². The van der Waals surface area contributed by atoms with Crippen LogP contribution < -0.4 is 16.0 Å². The van der Waals surface area contributed by atoms with Gasteiger partial charge in [0.1, 0.15) is 6.17 Å². The summed E-state index contributed by atoms with van der Waals surface area (Å²) >= 11 is 41.0. The molecule has 0 aliphatic carbocycles. The highest BCUT2D eigenvalue weighted by molar-refractivity contribution is 7.80. The Hall–Kier alpha value is -0.660. The largest absolute Gasteiger partial charge is 0.339 e. The number of thiocarbonyl (C=S) groups is 1. The third-order valence-corrected chi connectivity index (χ3v) is 4.93. The van der Waals surface area contributed by atoms with E-state index in [9.17, 15) is 4.79 Å². The standard InChI is InChI=1S/C16H11Cl6N3OS/c17-8-5-6-9(11(19)7-8)13(26)24-14(16(20,21)22)25-15(27)23-12-4-2-1-3-10(12)18/h1-7,14H,(H,24,26)(H2,23,25,27). The van der Waals surface area contributed by atoms with Gasteiger partial charge in [0.25, 0.3) is 5.91 Å². The van der Waals surface area contributed by atoms with Crippen LogP contribution in [0.25, 0.3) is 0 Å². The number of alkyl halides is 3. The molecular weight excluding hydrogens is 495 g/mol. The van der Waals surface area contributed by atoms with Gasteiger partial charge < -0.3 is 16.0 Å². The fourth-order valence-corrected chi connectivity index (χ4v) is 3.17. The first-order valence-electron chi connectivity index (χ1n) is 7.22. The Labute approximate surface area is 191 Å². The zero-order valence-corrected chi connectivity index (χ0v) is 18.6. The molecule has 0 saturated carbocycles. The van der Waals surface area contributed by atoms with Crippen LogP contribution in [0.4, 0.5) is 5.69 Å². The van der Waals surface area contributed by atoms with Crippen LogP contribution in [0.2, 0.25) is 15.1 Å². The van der Waals surface area contributed by atoms with Gasteiger partial charge in [0.2, 0.25) is 3.79 Å². The highest BCUT2D eigenvalue weighted by atomic mass is 35.6. The van der Waals surface area contributed by atoms with Crippen molar-refractivity contribution in [3.63, 3.8) is 0 Å². The molecule has 0 heterocycles. The molecule has 3 N–H and O–H groups in total. The van der Waals surface area contributed by atoms with Crippen LogP contribution in [0.3, 0.4) is 0 Å². The number of carbonyl (C=O) groups is 1. The molecule has 0 spiro atoms. The number of rotatable bonds is 4. The van der Waals surface area contributed by atoms with Crippen molar-refractivity contribution in [1.82, 2.24) is 10.6 Å². The van der Waals surface area contributed by atoms with Crippen molar-refractivity contribution in [3.8, 4) is 0 Å². The van der Waals surface area contributed by atoms with Gasteiger partial charge in [-0.15, -0.1) is 0 Å². The first-order chi connectivity index (χ1) is 12.6. The maximum atomic E-state index is 12.5. The number of carbonyl (C=O) groups excluding carboxylic acids is 1. The molecule has 0 aliphatic heterocycles. The normalized spacial score (nSPS) is 12.2. The Kier molecular flexibility index (Phi) is 8.13. The van der Waals surface area contributed by atoms with E-state index in [-0.39, 0.29) is 15.7 Å². The number of para-hydroxylation sites is 1. The average molecular weight is 506 g/mol. The molecule has 1 atom stereocenters. The molecule has 144 valence electrons. The minimum Gasteiger partial charge on any atom is -0.339 e. The van der Waals surface area contributed by atoms with Gasteiger partial charge in [0, 0.05) is 5.02 Å². The van der Waals surface area contributed by atoms with E-state index in [1.807, 2.05) is 0 Å². The summed E-state index contributed by atoms with van der Waals surface area (Å²) < 4.78 is -1.92. The maximum Gasteiger partial charge on any atom is 0.254 e. The number of hydrogen-bond donors (Lipinski definition) is 3. The van der Waals surface area contributed by atoms with Crippen molar-refractivity contribution in [2.24, 2.45) is 0 Å². The van der Waals surface area contributed by atoms with Gasteiger partial charge >= 0.3 is 0 Å². The second-order valence-corrected chi connectivity index (χ2v) is 9.18. The topological polar surface area (TPSA) is 53.2 Å². The monoisotopic (exact) mass is 503 g/mol. The third-order valence-electron chi connectivity index (χ3n) is 3.18. The minimum absolute atomic E-state index is 0.0851.